The van der Waals surface area contributed by atoms with E-state index in [0.717, 1.165) is 12.8 Å². The molecule has 206 valence electrons. The van der Waals surface area contributed by atoms with Gasteiger partial charge in [-0.25, -0.2) is 19.1 Å². The van der Waals surface area contributed by atoms with Crippen LogP contribution in [0.15, 0.2) is 53.6 Å². The number of nitrogens with two attached hydrogens (primary N) is 1. The molecule has 3 N–H and O–H groups in total. The number of nitrogens with one attached hydrogen (secondary N) is 1. The summed E-state index contributed by atoms with van der Waals surface area (Å²) in [4.78, 5) is 23.5. The Morgan fingerprint density at radius 3 is 2.61 bits per heavy atom. The normalized spacial score (nSPS) is 14.3. The summed E-state index contributed by atoms with van der Waals surface area (Å²) in [6, 6.07) is 11.5. The van der Waals surface area contributed by atoms with Crippen molar-refractivity contribution in [3.05, 3.63) is 59.9 Å². The standard InChI is InChI=1S/C27H32FN5O4S.2H2/c1-17(2)15-37-20-13-18(12-19(28)14-20)22-9-8-21(25(30-22)33(4)16-27(3)10-11-27)26(34)32-38(35,36)24-7-5-6-23(29)31-24;;/h5-9,12-14,17H,10-11,15-16H2,1-4H3,(H2,29,31)(H,32,34);2*1H. The second-order valence-corrected chi connectivity index (χ2v) is 12.1. The van der Waals surface area contributed by atoms with Crippen LogP contribution >= 0.6 is 0 Å². The van der Waals surface area contributed by atoms with Crippen LogP contribution in [0.1, 0.15) is 46.8 Å². The highest BCUT2D eigenvalue weighted by molar-refractivity contribution is 7.90. The van der Waals surface area contributed by atoms with E-state index in [0.29, 0.717) is 30.2 Å². The van der Waals surface area contributed by atoms with Crippen molar-refractivity contribution in [2.75, 3.05) is 30.8 Å². The van der Waals surface area contributed by atoms with Gasteiger partial charge in [-0.05, 0) is 60.6 Å². The number of pyridine rings is 2. The van der Waals surface area contributed by atoms with Crippen LogP contribution in [0.25, 0.3) is 11.3 Å². The molecule has 1 aliphatic carbocycles. The Morgan fingerprint density at radius 2 is 1.95 bits per heavy atom. The van der Waals surface area contributed by atoms with Crippen molar-refractivity contribution in [2.24, 2.45) is 11.3 Å². The first-order valence-electron chi connectivity index (χ1n) is 12.3. The molecule has 0 atom stereocenters. The van der Waals surface area contributed by atoms with E-state index in [4.69, 9.17) is 10.5 Å². The van der Waals surface area contributed by atoms with E-state index in [1.54, 1.807) is 19.2 Å². The summed E-state index contributed by atoms with van der Waals surface area (Å²) in [5.74, 6) is -0.421. The van der Waals surface area contributed by atoms with Gasteiger partial charge in [0.2, 0.25) is 0 Å². The molecule has 2 heterocycles. The fourth-order valence-electron chi connectivity index (χ4n) is 3.96. The van der Waals surface area contributed by atoms with Crippen molar-refractivity contribution in [3.63, 3.8) is 0 Å². The highest BCUT2D eigenvalue weighted by Crippen LogP contribution is 2.46. The van der Waals surface area contributed by atoms with E-state index in [1.807, 2.05) is 18.7 Å². The van der Waals surface area contributed by atoms with Crippen molar-refractivity contribution in [2.45, 2.75) is 38.6 Å². The maximum atomic E-state index is 14.4. The van der Waals surface area contributed by atoms with Gasteiger partial charge in [0, 0.05) is 28.1 Å². The smallest absolute Gasteiger partial charge is 0.281 e. The van der Waals surface area contributed by atoms with Crippen molar-refractivity contribution in [1.82, 2.24) is 14.7 Å². The van der Waals surface area contributed by atoms with Gasteiger partial charge in [-0.1, -0.05) is 26.8 Å². The number of hydrogen-bond donors (Lipinski definition) is 2. The molecule has 1 amide bonds. The maximum absolute atomic E-state index is 14.4. The van der Waals surface area contributed by atoms with Gasteiger partial charge in [0.25, 0.3) is 15.9 Å². The number of ether oxygens (including phenoxy) is 1. The molecule has 0 aliphatic heterocycles. The largest absolute Gasteiger partial charge is 0.493 e. The first-order valence-corrected chi connectivity index (χ1v) is 13.8. The van der Waals surface area contributed by atoms with Crippen LogP contribution < -0.4 is 20.1 Å². The molecule has 2 aromatic heterocycles. The van der Waals surface area contributed by atoms with Crippen LogP contribution in [-0.2, 0) is 10.0 Å². The van der Waals surface area contributed by atoms with Crippen LogP contribution in [0.5, 0.6) is 5.75 Å². The zero-order chi connectivity index (χ0) is 27.7. The minimum atomic E-state index is -4.29. The number of nitrogens with zero attached hydrogens (tertiary/aromatic N) is 3. The summed E-state index contributed by atoms with van der Waals surface area (Å²) >= 11 is 0. The van der Waals surface area contributed by atoms with E-state index < -0.39 is 21.7 Å². The molecule has 9 nitrogen and oxygen atoms in total. The average Bonchev–Trinajstić information content (AvgIpc) is 3.58. The summed E-state index contributed by atoms with van der Waals surface area (Å²) in [7, 11) is -2.49. The highest BCUT2D eigenvalue weighted by atomic mass is 32.2. The van der Waals surface area contributed by atoms with E-state index in [1.165, 1.54) is 36.4 Å². The molecule has 1 fully saturated rings. The molecule has 0 bridgehead atoms. The third-order valence-corrected chi connectivity index (χ3v) is 7.43. The molecule has 1 aromatic carbocycles. The Morgan fingerprint density at radius 1 is 1.21 bits per heavy atom. The molecule has 1 saturated carbocycles. The van der Waals surface area contributed by atoms with Crippen molar-refractivity contribution >= 4 is 27.6 Å². The van der Waals surface area contributed by atoms with E-state index in [-0.39, 0.29) is 36.4 Å². The number of carbonyl (C=O) groups excluding carboxylic acids is 1. The third kappa shape index (κ3) is 6.58. The summed E-state index contributed by atoms with van der Waals surface area (Å²) in [6.45, 7) is 7.17. The minimum Gasteiger partial charge on any atom is -0.493 e. The first kappa shape index (κ1) is 27.3. The first-order chi connectivity index (χ1) is 17.8. The van der Waals surface area contributed by atoms with Gasteiger partial charge in [-0.2, -0.15) is 8.42 Å². The van der Waals surface area contributed by atoms with E-state index in [2.05, 4.69) is 21.6 Å². The number of hydrogen-bond acceptors (Lipinski definition) is 8. The van der Waals surface area contributed by atoms with Gasteiger partial charge in [0.05, 0.1) is 17.9 Å². The minimum absolute atomic E-state index is 0. The SMILES string of the molecule is CC(C)COc1cc(F)cc(-c2ccc(C(=O)NS(=O)(=O)c3cccc(N)n3)c(N(C)CC3(C)CC3)n2)c1.[HH].[HH]. The number of nitrogen functional groups attached to an aromatic ring is 1. The second kappa shape index (κ2) is 10.6. The van der Waals surface area contributed by atoms with Gasteiger partial charge in [0.1, 0.15) is 23.2 Å². The number of carbonyl (C=O) groups is 1. The Kier molecular flexibility index (Phi) is 7.59. The number of amides is 1. The van der Waals surface area contributed by atoms with Crippen molar-refractivity contribution < 1.29 is 25.2 Å². The van der Waals surface area contributed by atoms with Gasteiger partial charge >= 0.3 is 0 Å². The number of anilines is 2. The summed E-state index contributed by atoms with van der Waals surface area (Å²) in [5.41, 5.74) is 6.63. The number of halogens is 1. The van der Waals surface area contributed by atoms with E-state index >= 15 is 0 Å². The topological polar surface area (TPSA) is 128 Å². The fraction of sp³-hybridized carbons (Fsp3) is 0.370. The zero-order valence-corrected chi connectivity index (χ0v) is 22.7. The molecule has 11 heteroatoms. The van der Waals surface area contributed by atoms with Gasteiger partial charge in [-0.15, -0.1) is 0 Å². The highest BCUT2D eigenvalue weighted by Gasteiger charge is 2.39. The average molecular weight is 546 g/mol. The fourth-order valence-corrected chi connectivity index (χ4v) is 4.90. The predicted octanol–water partition coefficient (Wildman–Crippen LogP) is 4.75. The Bertz CT molecular complexity index is 1470. The van der Waals surface area contributed by atoms with Crippen molar-refractivity contribution in [3.8, 4) is 17.0 Å². The lowest BCUT2D eigenvalue weighted by Crippen LogP contribution is -2.34. The molecule has 0 radical (unpaired) electrons. The Labute approximate surface area is 225 Å². The predicted molar refractivity (Wildman–Crippen MR) is 148 cm³/mol. The number of benzene rings is 1. The number of aromatic nitrogens is 2. The molecule has 0 unspecified atom stereocenters. The van der Waals surface area contributed by atoms with Crippen LogP contribution in [-0.4, -0.2) is 44.5 Å². The molecular weight excluding hydrogens is 509 g/mol. The summed E-state index contributed by atoms with van der Waals surface area (Å²) in [5, 5.41) is -0.371. The molecule has 3 aromatic rings. The maximum Gasteiger partial charge on any atom is 0.281 e. The molecule has 0 spiro atoms. The van der Waals surface area contributed by atoms with Crippen LogP contribution in [0.4, 0.5) is 16.0 Å². The second-order valence-electron chi connectivity index (χ2n) is 10.5. The van der Waals surface area contributed by atoms with Gasteiger partial charge in [0.15, 0.2) is 5.03 Å². The lowest BCUT2D eigenvalue weighted by atomic mass is 10.1. The lowest BCUT2D eigenvalue weighted by Gasteiger charge is -2.25. The Balaban J connectivity index is 0.00000280. The van der Waals surface area contributed by atoms with Gasteiger partial charge < -0.3 is 15.4 Å². The van der Waals surface area contributed by atoms with Crippen LogP contribution in [0.2, 0.25) is 0 Å². The molecule has 38 heavy (non-hydrogen) atoms. The quantitative estimate of drug-likeness (QED) is 0.374. The van der Waals surface area contributed by atoms with E-state index in [9.17, 15) is 17.6 Å². The zero-order valence-electron chi connectivity index (χ0n) is 21.9. The van der Waals surface area contributed by atoms with Crippen molar-refractivity contribution in [1.29, 1.82) is 0 Å². The van der Waals surface area contributed by atoms with Gasteiger partial charge in [-0.3, -0.25) is 4.79 Å². The molecule has 1 aliphatic rings. The Hall–Kier alpha value is -3.73. The molecular formula is C27H36FN5O4S. The third-order valence-electron chi connectivity index (χ3n) is 6.20. The molecule has 4 rings (SSSR count). The molecule has 0 saturated heterocycles. The van der Waals surface area contributed by atoms with Crippen LogP contribution in [0.3, 0.4) is 0 Å². The number of rotatable bonds is 10. The summed E-state index contributed by atoms with van der Waals surface area (Å²) in [6.07, 6.45) is 2.07. The monoisotopic (exact) mass is 545 g/mol. The number of sulfonamides is 1. The van der Waals surface area contributed by atoms with Crippen LogP contribution in [0, 0.1) is 17.2 Å². The lowest BCUT2D eigenvalue weighted by molar-refractivity contribution is 0.0981. The summed E-state index contributed by atoms with van der Waals surface area (Å²) < 4.78 is 47.9.